The van der Waals surface area contributed by atoms with Crippen molar-refractivity contribution in [2.75, 3.05) is 0 Å². The molecule has 0 fully saturated rings. The summed E-state index contributed by atoms with van der Waals surface area (Å²) in [5.74, 6) is -0.461. The molecule has 0 saturated carbocycles. The number of nitrogens with zero attached hydrogens (tertiary/aromatic N) is 2. The fourth-order valence-corrected chi connectivity index (χ4v) is 2.58. The van der Waals surface area contributed by atoms with Crippen LogP contribution in [0.25, 0.3) is 0 Å². The number of carboxylic acid groups (broad SMARTS) is 1. The topological polar surface area (TPSA) is 64.4 Å². The third kappa shape index (κ3) is 3.49. The summed E-state index contributed by atoms with van der Waals surface area (Å²) in [5, 5.41) is 13.9. The van der Waals surface area contributed by atoms with Gasteiger partial charge in [-0.05, 0) is 54.6 Å². The number of hydrogen-bond acceptors (Lipinski definition) is 3. The van der Waals surface area contributed by atoms with Crippen LogP contribution in [0.3, 0.4) is 0 Å². The van der Waals surface area contributed by atoms with E-state index in [1.807, 2.05) is 13.8 Å². The maximum Gasteiger partial charge on any atom is 0.335 e. The van der Waals surface area contributed by atoms with Gasteiger partial charge in [-0.25, -0.2) is 4.79 Å². The predicted octanol–water partition coefficient (Wildman–Crippen LogP) is 3.75. The minimum atomic E-state index is -0.983. The molecule has 1 aromatic heterocycles. The number of aromatic carboxylic acids is 1. The fourth-order valence-electron chi connectivity index (χ4n) is 1.90. The van der Waals surface area contributed by atoms with Gasteiger partial charge in [0.2, 0.25) is 0 Å². The molecule has 0 radical (unpaired) electrons. The fraction of sp³-hybridized carbons (Fsp3) is 0.286. The van der Waals surface area contributed by atoms with Gasteiger partial charge in [-0.2, -0.15) is 5.10 Å². The van der Waals surface area contributed by atoms with Crippen LogP contribution in [0.4, 0.5) is 0 Å². The first-order chi connectivity index (χ1) is 9.93. The summed E-state index contributed by atoms with van der Waals surface area (Å²) in [6.45, 7) is 4.75. The second kappa shape index (κ2) is 6.65. The molecule has 5 nitrogen and oxygen atoms in total. The SMILES string of the molecule is CCn1nc(C)c(Cl)c1COc1cc(C(=O)O)ccc1I. The molecule has 0 spiro atoms. The number of aryl methyl sites for hydroxylation is 2. The Morgan fingerprint density at radius 3 is 2.86 bits per heavy atom. The van der Waals surface area contributed by atoms with Gasteiger partial charge in [0, 0.05) is 6.54 Å². The Balaban J connectivity index is 2.24. The van der Waals surface area contributed by atoms with Crippen LogP contribution in [0.15, 0.2) is 18.2 Å². The minimum Gasteiger partial charge on any atom is -0.486 e. The van der Waals surface area contributed by atoms with Crippen LogP contribution in [0.2, 0.25) is 5.02 Å². The van der Waals surface area contributed by atoms with E-state index in [4.69, 9.17) is 21.4 Å². The van der Waals surface area contributed by atoms with Gasteiger partial charge in [-0.1, -0.05) is 11.6 Å². The van der Waals surface area contributed by atoms with Crippen molar-refractivity contribution in [3.8, 4) is 5.75 Å². The Labute approximate surface area is 141 Å². The van der Waals surface area contributed by atoms with E-state index >= 15 is 0 Å². The van der Waals surface area contributed by atoms with Crippen LogP contribution in [0.1, 0.15) is 28.7 Å². The summed E-state index contributed by atoms with van der Waals surface area (Å²) in [4.78, 5) is 11.0. The van der Waals surface area contributed by atoms with Gasteiger partial charge >= 0.3 is 5.97 Å². The van der Waals surface area contributed by atoms with Crippen molar-refractivity contribution >= 4 is 40.2 Å². The summed E-state index contributed by atoms with van der Waals surface area (Å²) in [7, 11) is 0. The molecule has 7 heteroatoms. The highest BCUT2D eigenvalue weighted by Crippen LogP contribution is 2.26. The molecule has 1 aromatic carbocycles. The molecule has 0 saturated heterocycles. The van der Waals surface area contributed by atoms with Crippen LogP contribution >= 0.6 is 34.2 Å². The molecule has 21 heavy (non-hydrogen) atoms. The Kier molecular flexibility index (Phi) is 5.10. The number of carbonyl (C=O) groups is 1. The number of rotatable bonds is 5. The van der Waals surface area contributed by atoms with E-state index in [0.29, 0.717) is 17.3 Å². The summed E-state index contributed by atoms with van der Waals surface area (Å²) in [5.41, 5.74) is 1.73. The van der Waals surface area contributed by atoms with E-state index < -0.39 is 5.97 Å². The van der Waals surface area contributed by atoms with Crippen molar-refractivity contribution in [2.24, 2.45) is 0 Å². The zero-order valence-electron chi connectivity index (χ0n) is 11.6. The Bertz CT molecular complexity index is 685. The zero-order valence-corrected chi connectivity index (χ0v) is 14.5. The zero-order chi connectivity index (χ0) is 15.6. The predicted molar refractivity (Wildman–Crippen MR) is 88.1 cm³/mol. The van der Waals surface area contributed by atoms with Gasteiger partial charge in [0.05, 0.1) is 25.5 Å². The number of halogens is 2. The van der Waals surface area contributed by atoms with Crippen LogP contribution in [-0.4, -0.2) is 20.9 Å². The first-order valence-corrected chi connectivity index (χ1v) is 7.77. The highest BCUT2D eigenvalue weighted by molar-refractivity contribution is 14.1. The maximum atomic E-state index is 11.0. The summed E-state index contributed by atoms with van der Waals surface area (Å²) >= 11 is 8.32. The smallest absolute Gasteiger partial charge is 0.335 e. The lowest BCUT2D eigenvalue weighted by Gasteiger charge is -2.10. The van der Waals surface area contributed by atoms with E-state index in [-0.39, 0.29) is 12.2 Å². The molecule has 0 unspecified atom stereocenters. The maximum absolute atomic E-state index is 11.0. The minimum absolute atomic E-state index is 0.191. The van der Waals surface area contributed by atoms with E-state index in [1.54, 1.807) is 16.8 Å². The molecule has 0 amide bonds. The van der Waals surface area contributed by atoms with Crippen molar-refractivity contribution < 1.29 is 14.6 Å². The van der Waals surface area contributed by atoms with Crippen LogP contribution < -0.4 is 4.74 Å². The molecular weight excluding hydrogens is 407 g/mol. The first-order valence-electron chi connectivity index (χ1n) is 6.31. The lowest BCUT2D eigenvalue weighted by Crippen LogP contribution is -2.07. The summed E-state index contributed by atoms with van der Waals surface area (Å²) in [6, 6.07) is 4.77. The molecule has 0 atom stereocenters. The van der Waals surface area contributed by atoms with E-state index in [1.165, 1.54) is 6.07 Å². The molecule has 2 aromatic rings. The third-order valence-corrected chi connectivity index (χ3v) is 4.38. The molecule has 2 rings (SSSR count). The highest BCUT2D eigenvalue weighted by Gasteiger charge is 2.14. The lowest BCUT2D eigenvalue weighted by molar-refractivity contribution is 0.0696. The number of hydrogen-bond donors (Lipinski definition) is 1. The number of carboxylic acids is 1. The Morgan fingerprint density at radius 2 is 2.24 bits per heavy atom. The van der Waals surface area contributed by atoms with E-state index in [0.717, 1.165) is 15.0 Å². The Morgan fingerprint density at radius 1 is 1.52 bits per heavy atom. The first kappa shape index (κ1) is 16.1. The summed E-state index contributed by atoms with van der Waals surface area (Å²) in [6.07, 6.45) is 0. The van der Waals surface area contributed by atoms with Gasteiger partial charge in [0.1, 0.15) is 12.4 Å². The molecule has 0 aliphatic rings. The quantitative estimate of drug-likeness (QED) is 0.748. The van der Waals surface area contributed by atoms with E-state index in [2.05, 4.69) is 27.7 Å². The normalized spacial score (nSPS) is 10.7. The Hall–Kier alpha value is -1.28. The molecule has 0 aliphatic carbocycles. The molecule has 1 N–H and O–H groups in total. The van der Waals surface area contributed by atoms with Gasteiger partial charge in [0.25, 0.3) is 0 Å². The number of benzene rings is 1. The van der Waals surface area contributed by atoms with Gasteiger partial charge in [-0.15, -0.1) is 0 Å². The van der Waals surface area contributed by atoms with E-state index in [9.17, 15) is 4.79 Å². The van der Waals surface area contributed by atoms with Gasteiger partial charge in [-0.3, -0.25) is 4.68 Å². The molecule has 0 bridgehead atoms. The molecule has 1 heterocycles. The van der Waals surface area contributed by atoms with Gasteiger partial charge in [0.15, 0.2) is 0 Å². The van der Waals surface area contributed by atoms with Crippen LogP contribution in [-0.2, 0) is 13.2 Å². The average molecular weight is 421 g/mol. The molecular formula is C14H14ClIN2O3. The van der Waals surface area contributed by atoms with Crippen LogP contribution in [0.5, 0.6) is 5.75 Å². The second-order valence-corrected chi connectivity index (χ2v) is 5.94. The van der Waals surface area contributed by atoms with Gasteiger partial charge < -0.3 is 9.84 Å². The second-order valence-electron chi connectivity index (χ2n) is 4.40. The monoisotopic (exact) mass is 420 g/mol. The average Bonchev–Trinajstić information content (AvgIpc) is 2.73. The largest absolute Gasteiger partial charge is 0.486 e. The summed E-state index contributed by atoms with van der Waals surface area (Å²) < 4.78 is 8.36. The molecule has 0 aliphatic heterocycles. The lowest BCUT2D eigenvalue weighted by atomic mass is 10.2. The number of ether oxygens (including phenoxy) is 1. The van der Waals surface area contributed by atoms with Crippen molar-refractivity contribution in [1.29, 1.82) is 0 Å². The van der Waals surface area contributed by atoms with Crippen molar-refractivity contribution in [1.82, 2.24) is 9.78 Å². The standard InChI is InChI=1S/C14H14ClIN2O3/c1-3-18-11(13(15)8(2)17-18)7-21-12-6-9(14(19)20)4-5-10(12)16/h4-6H,3,7H2,1-2H3,(H,19,20). The van der Waals surface area contributed by atoms with Crippen molar-refractivity contribution in [3.05, 3.63) is 43.7 Å². The highest BCUT2D eigenvalue weighted by atomic mass is 127. The van der Waals surface area contributed by atoms with Crippen molar-refractivity contribution in [3.63, 3.8) is 0 Å². The third-order valence-electron chi connectivity index (χ3n) is 3.00. The number of aromatic nitrogens is 2. The van der Waals surface area contributed by atoms with Crippen LogP contribution in [0, 0.1) is 10.5 Å². The van der Waals surface area contributed by atoms with Crippen molar-refractivity contribution in [2.45, 2.75) is 27.0 Å². The molecule has 112 valence electrons.